The molecule has 8 heteroatoms. The lowest BCUT2D eigenvalue weighted by Gasteiger charge is -2.23. The summed E-state index contributed by atoms with van der Waals surface area (Å²) in [4.78, 5) is 12.9. The van der Waals surface area contributed by atoms with Crippen LogP contribution in [0, 0.1) is 0 Å². The highest BCUT2D eigenvalue weighted by Crippen LogP contribution is 2.38. The minimum absolute atomic E-state index is 0.0899. The van der Waals surface area contributed by atoms with E-state index in [0.29, 0.717) is 22.8 Å². The average molecular weight is 383 g/mol. The molecule has 1 aliphatic heterocycles. The first-order chi connectivity index (χ1) is 11.4. The van der Waals surface area contributed by atoms with Crippen LogP contribution in [0.1, 0.15) is 13.3 Å². The van der Waals surface area contributed by atoms with E-state index < -0.39 is 10.0 Å². The lowest BCUT2D eigenvalue weighted by atomic mass is 10.2. The van der Waals surface area contributed by atoms with Crippen molar-refractivity contribution in [3.63, 3.8) is 0 Å². The lowest BCUT2D eigenvalue weighted by Crippen LogP contribution is -2.28. The molecule has 0 fully saturated rings. The van der Waals surface area contributed by atoms with E-state index in [1.165, 1.54) is 23.9 Å². The zero-order chi connectivity index (χ0) is 17.3. The van der Waals surface area contributed by atoms with Crippen LogP contribution in [0.2, 0.25) is 5.02 Å². The fraction of sp³-hybridized carbons (Fsp3) is 0.188. The number of carbonyl (C=O) groups is 1. The van der Waals surface area contributed by atoms with Gasteiger partial charge in [-0.25, -0.2) is 8.42 Å². The van der Waals surface area contributed by atoms with Gasteiger partial charge in [-0.1, -0.05) is 18.5 Å². The predicted molar refractivity (Wildman–Crippen MR) is 97.3 cm³/mol. The van der Waals surface area contributed by atoms with E-state index in [9.17, 15) is 13.2 Å². The van der Waals surface area contributed by atoms with Crippen molar-refractivity contribution in [3.8, 4) is 0 Å². The van der Waals surface area contributed by atoms with Crippen molar-refractivity contribution in [2.45, 2.75) is 28.4 Å². The Morgan fingerprint density at radius 3 is 2.58 bits per heavy atom. The molecule has 0 aliphatic carbocycles. The van der Waals surface area contributed by atoms with Crippen molar-refractivity contribution in [2.75, 3.05) is 10.0 Å². The van der Waals surface area contributed by atoms with Gasteiger partial charge in [0, 0.05) is 15.6 Å². The van der Waals surface area contributed by atoms with Gasteiger partial charge >= 0.3 is 0 Å². The molecule has 0 bridgehead atoms. The minimum Gasteiger partial charge on any atom is -0.324 e. The maximum absolute atomic E-state index is 12.5. The number of halogens is 1. The average Bonchev–Trinajstić information content (AvgIpc) is 2.55. The fourth-order valence-corrected chi connectivity index (χ4v) is 4.53. The Bertz CT molecular complexity index is 883. The van der Waals surface area contributed by atoms with Crippen LogP contribution in [-0.2, 0) is 14.8 Å². The fourth-order valence-electron chi connectivity index (χ4n) is 2.30. The summed E-state index contributed by atoms with van der Waals surface area (Å²) in [5, 5.41) is 3.15. The summed E-state index contributed by atoms with van der Waals surface area (Å²) in [7, 11) is -3.75. The smallest absolute Gasteiger partial charge is 0.261 e. The molecule has 1 aliphatic rings. The number of carbonyl (C=O) groups excluding carboxylic acids is 1. The third kappa shape index (κ3) is 3.53. The molecule has 24 heavy (non-hydrogen) atoms. The first-order valence-electron chi connectivity index (χ1n) is 7.29. The summed E-state index contributed by atoms with van der Waals surface area (Å²) in [5.74, 6) is -0.102. The van der Waals surface area contributed by atoms with Crippen LogP contribution in [0.4, 0.5) is 11.4 Å². The van der Waals surface area contributed by atoms with Gasteiger partial charge in [0.15, 0.2) is 0 Å². The molecular formula is C16H15ClN2O3S2. The van der Waals surface area contributed by atoms with E-state index in [0.717, 1.165) is 4.90 Å². The van der Waals surface area contributed by atoms with Crippen LogP contribution in [0.15, 0.2) is 52.3 Å². The van der Waals surface area contributed by atoms with Crippen LogP contribution in [-0.4, -0.2) is 19.6 Å². The Labute approximate surface area is 149 Å². The number of thioether (sulfide) groups is 1. The molecule has 3 rings (SSSR count). The Hall–Kier alpha value is -1.70. The zero-order valence-electron chi connectivity index (χ0n) is 12.7. The van der Waals surface area contributed by atoms with Gasteiger partial charge in [0.25, 0.3) is 10.0 Å². The van der Waals surface area contributed by atoms with E-state index in [1.54, 1.807) is 30.3 Å². The highest BCUT2D eigenvalue weighted by Gasteiger charge is 2.27. The molecule has 5 nitrogen and oxygen atoms in total. The number of hydrogen-bond acceptors (Lipinski definition) is 4. The molecule has 0 aromatic heterocycles. The topological polar surface area (TPSA) is 75.3 Å². The molecule has 0 unspecified atom stereocenters. The van der Waals surface area contributed by atoms with Crippen LogP contribution in [0.25, 0.3) is 0 Å². The van der Waals surface area contributed by atoms with E-state index in [4.69, 9.17) is 11.6 Å². The van der Waals surface area contributed by atoms with Crippen molar-refractivity contribution in [2.24, 2.45) is 0 Å². The Morgan fingerprint density at radius 2 is 1.92 bits per heavy atom. The standard InChI is InChI=1S/C16H15ClN2O3S2/c1-2-14-16(20)18-13-9-12(7-8-15(13)23-14)24(21,22)19-11-5-3-10(17)4-6-11/h3-9,14,19H,2H2,1H3,(H,18,20)/t14-/m1/s1. The molecule has 1 amide bonds. The summed E-state index contributed by atoms with van der Waals surface area (Å²) in [6, 6.07) is 11.1. The molecule has 2 N–H and O–H groups in total. The van der Waals surface area contributed by atoms with Crippen molar-refractivity contribution < 1.29 is 13.2 Å². The third-order valence-electron chi connectivity index (χ3n) is 3.55. The Morgan fingerprint density at radius 1 is 1.21 bits per heavy atom. The van der Waals surface area contributed by atoms with Gasteiger partial charge in [0.05, 0.1) is 15.8 Å². The van der Waals surface area contributed by atoms with Crippen molar-refractivity contribution in [3.05, 3.63) is 47.5 Å². The summed E-state index contributed by atoms with van der Waals surface area (Å²) in [6.45, 7) is 1.94. The second-order valence-corrected chi connectivity index (χ2v) is 8.64. The largest absolute Gasteiger partial charge is 0.324 e. The first kappa shape index (κ1) is 17.1. The van der Waals surface area contributed by atoms with Gasteiger partial charge in [0.1, 0.15) is 0 Å². The molecule has 2 aromatic carbocycles. The van der Waals surface area contributed by atoms with Gasteiger partial charge in [-0.3, -0.25) is 9.52 Å². The minimum atomic E-state index is -3.75. The molecule has 0 radical (unpaired) electrons. The lowest BCUT2D eigenvalue weighted by molar-refractivity contribution is -0.115. The number of fused-ring (bicyclic) bond motifs is 1. The molecule has 1 heterocycles. The zero-order valence-corrected chi connectivity index (χ0v) is 15.1. The van der Waals surface area contributed by atoms with E-state index in [1.807, 2.05) is 6.92 Å². The predicted octanol–water partition coefficient (Wildman–Crippen LogP) is 3.96. The summed E-state index contributed by atoms with van der Waals surface area (Å²) in [5.41, 5.74) is 0.940. The number of benzene rings is 2. The Balaban J connectivity index is 1.88. The van der Waals surface area contributed by atoms with Crippen LogP contribution >= 0.6 is 23.4 Å². The first-order valence-corrected chi connectivity index (χ1v) is 10.0. The van der Waals surface area contributed by atoms with Crippen molar-refractivity contribution in [1.29, 1.82) is 0 Å². The quantitative estimate of drug-likeness (QED) is 0.839. The molecule has 2 aromatic rings. The molecule has 126 valence electrons. The SMILES string of the molecule is CC[C@H]1Sc2ccc(S(=O)(=O)Nc3ccc(Cl)cc3)cc2NC1=O. The maximum atomic E-state index is 12.5. The summed E-state index contributed by atoms with van der Waals surface area (Å²) >= 11 is 7.25. The van der Waals surface area contributed by atoms with E-state index in [-0.39, 0.29) is 16.1 Å². The van der Waals surface area contributed by atoms with E-state index >= 15 is 0 Å². The highest BCUT2D eigenvalue weighted by atomic mass is 35.5. The van der Waals surface area contributed by atoms with Crippen LogP contribution in [0.5, 0.6) is 0 Å². The summed E-state index contributed by atoms with van der Waals surface area (Å²) in [6.07, 6.45) is 0.716. The number of rotatable bonds is 4. The normalized spacial score (nSPS) is 17.1. The van der Waals surface area contributed by atoms with Gasteiger partial charge < -0.3 is 5.32 Å². The molecule has 0 spiro atoms. The van der Waals surface area contributed by atoms with Crippen molar-refractivity contribution in [1.82, 2.24) is 0 Å². The van der Waals surface area contributed by atoms with Crippen LogP contribution in [0.3, 0.4) is 0 Å². The highest BCUT2D eigenvalue weighted by molar-refractivity contribution is 8.01. The molecule has 1 atom stereocenters. The van der Waals surface area contributed by atoms with Crippen LogP contribution < -0.4 is 10.0 Å². The van der Waals surface area contributed by atoms with E-state index in [2.05, 4.69) is 10.0 Å². The molecular weight excluding hydrogens is 368 g/mol. The second-order valence-electron chi connectivity index (χ2n) is 5.27. The monoisotopic (exact) mass is 382 g/mol. The van der Waals surface area contributed by atoms with Gasteiger partial charge in [-0.2, -0.15) is 0 Å². The number of amides is 1. The number of hydrogen-bond donors (Lipinski definition) is 2. The van der Waals surface area contributed by atoms with Crippen molar-refractivity contribution >= 4 is 50.7 Å². The third-order valence-corrected chi connectivity index (χ3v) is 6.62. The Kier molecular flexibility index (Phi) is 4.76. The molecule has 0 saturated carbocycles. The van der Waals surface area contributed by atoms with Gasteiger partial charge in [0.2, 0.25) is 5.91 Å². The van der Waals surface area contributed by atoms with Gasteiger partial charge in [-0.05, 0) is 48.9 Å². The number of sulfonamides is 1. The number of nitrogens with one attached hydrogen (secondary N) is 2. The molecule has 0 saturated heterocycles. The maximum Gasteiger partial charge on any atom is 0.261 e. The summed E-state index contributed by atoms with van der Waals surface area (Å²) < 4.78 is 27.5. The van der Waals surface area contributed by atoms with Gasteiger partial charge in [-0.15, -0.1) is 11.8 Å². The second kappa shape index (κ2) is 6.66. The number of anilines is 2.